The van der Waals surface area contributed by atoms with Crippen molar-refractivity contribution >= 4 is 17.9 Å². The zero-order valence-electron chi connectivity index (χ0n) is 46.3. The molecule has 6 nitrogen and oxygen atoms in total. The second-order valence-electron chi connectivity index (χ2n) is 19.9. The lowest BCUT2D eigenvalue weighted by Gasteiger charge is -2.18. The number of allylic oxidation sites excluding steroid dienone is 12. The Morgan fingerprint density at radius 1 is 0.286 bits per heavy atom. The normalized spacial score (nSPS) is 12.6. The van der Waals surface area contributed by atoms with Crippen LogP contribution in [0.2, 0.25) is 0 Å². The summed E-state index contributed by atoms with van der Waals surface area (Å²) < 4.78 is 16.9. The van der Waals surface area contributed by atoms with E-state index < -0.39 is 6.10 Å². The Morgan fingerprint density at radius 3 is 0.829 bits per heavy atom. The molecule has 0 N–H and O–H groups in total. The van der Waals surface area contributed by atoms with Gasteiger partial charge in [0.2, 0.25) is 0 Å². The summed E-state index contributed by atoms with van der Waals surface area (Å²) in [4.78, 5) is 38.2. The van der Waals surface area contributed by atoms with Gasteiger partial charge in [-0.05, 0) is 96.3 Å². The summed E-state index contributed by atoms with van der Waals surface area (Å²) in [5.41, 5.74) is 0. The van der Waals surface area contributed by atoms with Crippen LogP contribution in [-0.2, 0) is 28.6 Å². The van der Waals surface area contributed by atoms with Crippen LogP contribution >= 0.6 is 0 Å². The van der Waals surface area contributed by atoms with Gasteiger partial charge in [0.25, 0.3) is 0 Å². The van der Waals surface area contributed by atoms with Crippen LogP contribution in [0.5, 0.6) is 0 Å². The summed E-state index contributed by atoms with van der Waals surface area (Å²) in [6, 6.07) is 0. The molecule has 1 atom stereocenters. The van der Waals surface area contributed by atoms with Crippen molar-refractivity contribution in [1.29, 1.82) is 0 Å². The van der Waals surface area contributed by atoms with Crippen LogP contribution in [0.15, 0.2) is 72.9 Å². The first-order chi connectivity index (χ1) is 34.5. The highest BCUT2D eigenvalue weighted by atomic mass is 16.6. The van der Waals surface area contributed by atoms with E-state index in [0.717, 1.165) is 103 Å². The number of esters is 3. The van der Waals surface area contributed by atoms with Crippen LogP contribution < -0.4 is 0 Å². The smallest absolute Gasteiger partial charge is 0.306 e. The van der Waals surface area contributed by atoms with Crippen molar-refractivity contribution in [3.8, 4) is 0 Å². The van der Waals surface area contributed by atoms with E-state index >= 15 is 0 Å². The predicted octanol–water partition coefficient (Wildman–Crippen LogP) is 20.2. The second-order valence-corrected chi connectivity index (χ2v) is 19.9. The maximum Gasteiger partial charge on any atom is 0.306 e. The van der Waals surface area contributed by atoms with Crippen LogP contribution in [0, 0.1) is 0 Å². The van der Waals surface area contributed by atoms with E-state index in [2.05, 4.69) is 93.7 Å². The minimum atomic E-state index is -0.792. The highest BCUT2D eigenvalue weighted by Gasteiger charge is 2.19. The zero-order valence-corrected chi connectivity index (χ0v) is 46.3. The molecule has 6 heteroatoms. The molecule has 0 heterocycles. The molecule has 0 aromatic rings. The molecule has 0 fully saturated rings. The van der Waals surface area contributed by atoms with Crippen molar-refractivity contribution in [2.24, 2.45) is 0 Å². The van der Waals surface area contributed by atoms with E-state index in [1.165, 1.54) is 154 Å². The van der Waals surface area contributed by atoms with Crippen molar-refractivity contribution in [3.63, 3.8) is 0 Å². The van der Waals surface area contributed by atoms with E-state index in [1.54, 1.807) is 0 Å². The number of hydrogen-bond acceptors (Lipinski definition) is 6. The number of rotatable bonds is 54. The van der Waals surface area contributed by atoms with Crippen LogP contribution in [0.25, 0.3) is 0 Å². The maximum atomic E-state index is 12.9. The van der Waals surface area contributed by atoms with Crippen molar-refractivity contribution in [1.82, 2.24) is 0 Å². The van der Waals surface area contributed by atoms with E-state index in [4.69, 9.17) is 14.2 Å². The number of unbranched alkanes of at least 4 members (excludes halogenated alkanes) is 31. The number of ether oxygens (including phenoxy) is 3. The van der Waals surface area contributed by atoms with Gasteiger partial charge in [-0.15, -0.1) is 0 Å². The summed E-state index contributed by atoms with van der Waals surface area (Å²) in [7, 11) is 0. The molecule has 0 aliphatic carbocycles. The lowest BCUT2D eigenvalue weighted by molar-refractivity contribution is -0.167. The zero-order chi connectivity index (χ0) is 50.7. The molecule has 0 saturated heterocycles. The van der Waals surface area contributed by atoms with Gasteiger partial charge in [-0.3, -0.25) is 14.4 Å². The molecule has 0 aliphatic heterocycles. The van der Waals surface area contributed by atoms with Gasteiger partial charge < -0.3 is 14.2 Å². The highest BCUT2D eigenvalue weighted by molar-refractivity contribution is 5.71. The Hall–Kier alpha value is -3.15. The predicted molar refractivity (Wildman–Crippen MR) is 302 cm³/mol. The highest BCUT2D eigenvalue weighted by Crippen LogP contribution is 2.16. The number of carbonyl (C=O) groups is 3. The van der Waals surface area contributed by atoms with Gasteiger partial charge in [0.15, 0.2) is 6.10 Å². The summed E-state index contributed by atoms with van der Waals surface area (Å²) in [5.74, 6) is -0.910. The second kappa shape index (κ2) is 58.4. The van der Waals surface area contributed by atoms with Gasteiger partial charge in [0.1, 0.15) is 13.2 Å². The first-order valence-electron chi connectivity index (χ1n) is 29.9. The minimum Gasteiger partial charge on any atom is -0.462 e. The molecule has 0 aromatic carbocycles. The molecule has 0 unspecified atom stereocenters. The fourth-order valence-corrected chi connectivity index (χ4v) is 8.40. The van der Waals surface area contributed by atoms with Crippen LogP contribution in [0.1, 0.15) is 297 Å². The molecular weight excluding hydrogens is 865 g/mol. The third-order valence-electron chi connectivity index (χ3n) is 12.9. The quantitative estimate of drug-likeness (QED) is 0.0261. The van der Waals surface area contributed by atoms with Crippen molar-refractivity contribution in [3.05, 3.63) is 72.9 Å². The van der Waals surface area contributed by atoms with E-state index in [1.807, 2.05) is 0 Å². The molecule has 0 rings (SSSR count). The average Bonchev–Trinajstić information content (AvgIpc) is 3.36. The summed E-state index contributed by atoms with van der Waals surface area (Å²) in [6.45, 7) is 6.58. The lowest BCUT2D eigenvalue weighted by Crippen LogP contribution is -2.30. The molecule has 404 valence electrons. The van der Waals surface area contributed by atoms with Gasteiger partial charge in [-0.1, -0.05) is 254 Å². The van der Waals surface area contributed by atoms with E-state index in [0.29, 0.717) is 19.3 Å². The Balaban J connectivity index is 4.43. The summed E-state index contributed by atoms with van der Waals surface area (Å²) >= 11 is 0. The molecule has 0 amide bonds. The summed E-state index contributed by atoms with van der Waals surface area (Å²) in [5, 5.41) is 0. The fourth-order valence-electron chi connectivity index (χ4n) is 8.40. The summed E-state index contributed by atoms with van der Waals surface area (Å²) in [6.07, 6.45) is 74.6. The molecular formula is C64H112O6. The van der Waals surface area contributed by atoms with Crippen LogP contribution in [0.4, 0.5) is 0 Å². The van der Waals surface area contributed by atoms with Gasteiger partial charge in [0.05, 0.1) is 0 Å². The Morgan fingerprint density at radius 2 is 0.514 bits per heavy atom. The average molecular weight is 978 g/mol. The number of carbonyl (C=O) groups excluding carboxylic acids is 3. The first kappa shape index (κ1) is 66.9. The molecule has 70 heavy (non-hydrogen) atoms. The topological polar surface area (TPSA) is 78.9 Å². The van der Waals surface area contributed by atoms with Crippen molar-refractivity contribution in [2.75, 3.05) is 13.2 Å². The fraction of sp³-hybridized carbons (Fsp3) is 0.766. The molecule has 0 aliphatic rings. The minimum absolute atomic E-state index is 0.0866. The van der Waals surface area contributed by atoms with E-state index in [-0.39, 0.29) is 31.1 Å². The van der Waals surface area contributed by atoms with E-state index in [9.17, 15) is 14.4 Å². The number of hydrogen-bond donors (Lipinski definition) is 0. The largest absolute Gasteiger partial charge is 0.462 e. The Labute approximate surface area is 433 Å². The van der Waals surface area contributed by atoms with Gasteiger partial charge >= 0.3 is 17.9 Å². The first-order valence-corrected chi connectivity index (χ1v) is 29.9. The van der Waals surface area contributed by atoms with Crippen molar-refractivity contribution < 1.29 is 28.6 Å². The third-order valence-corrected chi connectivity index (χ3v) is 12.9. The third kappa shape index (κ3) is 55.8. The van der Waals surface area contributed by atoms with Crippen molar-refractivity contribution in [2.45, 2.75) is 303 Å². The molecule has 0 bridgehead atoms. The standard InChI is InChI=1S/C64H112O6/c1-4-7-10-13-16-19-22-25-28-31-32-34-36-39-42-45-48-51-54-57-63(66)69-60-61(59-68-62(65)56-53-50-47-44-41-38-35-30-27-24-21-18-15-12-9-6-3)70-64(67)58-55-52-49-46-43-40-37-33-29-26-23-20-17-14-11-8-5-2/h16-17,19-20,25-26,28-29,32,34,37,40,61H,4-15,18,21-24,27,30-31,33,35-36,38-39,41-60H2,1-3H3/b19-16-,20-17-,28-25-,29-26-,34-32-,40-37-/t61-/m1/s1. The van der Waals surface area contributed by atoms with Gasteiger partial charge in [-0.2, -0.15) is 0 Å². The lowest BCUT2D eigenvalue weighted by atomic mass is 10.0. The van der Waals surface area contributed by atoms with Gasteiger partial charge in [0, 0.05) is 19.3 Å². The van der Waals surface area contributed by atoms with Crippen LogP contribution in [-0.4, -0.2) is 37.2 Å². The molecule has 0 spiro atoms. The van der Waals surface area contributed by atoms with Gasteiger partial charge in [-0.25, -0.2) is 0 Å². The molecule has 0 aromatic heterocycles. The Bertz CT molecular complexity index is 1310. The molecule has 0 saturated carbocycles. The molecule has 0 radical (unpaired) electrons. The SMILES string of the molecule is CCCCC/C=C\C/C=C\C/C=C\CCCCCCCCC(=O)OC[C@@H](COC(=O)CCCCCCCCCCCCCCCCCC)OC(=O)CCCCCC/C=C\C/C=C\C/C=C\CCCCC. The monoisotopic (exact) mass is 977 g/mol. The maximum absolute atomic E-state index is 12.9. The van der Waals surface area contributed by atoms with Crippen LogP contribution in [0.3, 0.4) is 0 Å². The Kier molecular flexibility index (Phi) is 55.8.